The van der Waals surface area contributed by atoms with E-state index < -0.39 is 9.84 Å². The van der Waals surface area contributed by atoms with Gasteiger partial charge in [-0.3, -0.25) is 0 Å². The molecular formula is C11H15ClO4S. The van der Waals surface area contributed by atoms with E-state index in [1.165, 1.54) is 6.26 Å². The summed E-state index contributed by atoms with van der Waals surface area (Å²) in [6.07, 6.45) is 1.60. The van der Waals surface area contributed by atoms with Crippen molar-refractivity contribution in [1.82, 2.24) is 0 Å². The van der Waals surface area contributed by atoms with Gasteiger partial charge in [-0.1, -0.05) is 17.7 Å². The Labute approximate surface area is 106 Å². The van der Waals surface area contributed by atoms with Gasteiger partial charge in [0.2, 0.25) is 0 Å². The van der Waals surface area contributed by atoms with Crippen molar-refractivity contribution in [3.05, 3.63) is 28.8 Å². The highest BCUT2D eigenvalue weighted by Crippen LogP contribution is 2.26. The van der Waals surface area contributed by atoms with E-state index >= 15 is 0 Å². The predicted octanol–water partition coefficient (Wildman–Crippen LogP) is 1.65. The van der Waals surface area contributed by atoms with Crippen molar-refractivity contribution in [2.75, 3.05) is 18.6 Å². The summed E-state index contributed by atoms with van der Waals surface area (Å²) in [5.41, 5.74) is 0.522. The normalized spacial score (nSPS) is 11.5. The maximum Gasteiger partial charge on any atom is 0.147 e. The monoisotopic (exact) mass is 278 g/mol. The maximum absolute atomic E-state index is 10.9. The summed E-state index contributed by atoms with van der Waals surface area (Å²) in [4.78, 5) is 0. The third-order valence-corrected chi connectivity index (χ3v) is 3.54. The first-order valence-corrected chi connectivity index (χ1v) is 7.56. The Kier molecular flexibility index (Phi) is 5.24. The summed E-state index contributed by atoms with van der Waals surface area (Å²) >= 11 is 5.88. The highest BCUT2D eigenvalue weighted by atomic mass is 35.5. The molecule has 6 heteroatoms. The molecule has 0 bridgehead atoms. The van der Waals surface area contributed by atoms with E-state index in [9.17, 15) is 8.42 Å². The van der Waals surface area contributed by atoms with E-state index in [1.54, 1.807) is 18.2 Å². The van der Waals surface area contributed by atoms with Gasteiger partial charge >= 0.3 is 0 Å². The summed E-state index contributed by atoms with van der Waals surface area (Å²) in [5, 5.41) is 9.56. The van der Waals surface area contributed by atoms with Crippen LogP contribution in [0.2, 0.25) is 5.02 Å². The second kappa shape index (κ2) is 6.23. The smallest absolute Gasteiger partial charge is 0.147 e. The summed E-state index contributed by atoms with van der Waals surface area (Å²) < 4.78 is 27.2. The molecule has 0 radical (unpaired) electrons. The van der Waals surface area contributed by atoms with Crippen LogP contribution in [0.3, 0.4) is 0 Å². The quantitative estimate of drug-likeness (QED) is 0.804. The lowest BCUT2D eigenvalue weighted by Crippen LogP contribution is -2.08. The number of ether oxygens (including phenoxy) is 1. The van der Waals surface area contributed by atoms with Gasteiger partial charge < -0.3 is 9.84 Å². The number of aliphatic hydroxyl groups excluding tert-OH is 1. The van der Waals surface area contributed by atoms with Gasteiger partial charge in [0.15, 0.2) is 0 Å². The van der Waals surface area contributed by atoms with Gasteiger partial charge in [-0.15, -0.1) is 0 Å². The summed E-state index contributed by atoms with van der Waals surface area (Å²) in [6, 6.07) is 5.07. The molecule has 1 rings (SSSR count). The van der Waals surface area contributed by atoms with E-state index in [0.717, 1.165) is 0 Å². The van der Waals surface area contributed by atoms with Crippen LogP contribution in [0, 0.1) is 0 Å². The highest BCUT2D eigenvalue weighted by molar-refractivity contribution is 7.90. The Morgan fingerprint density at radius 3 is 2.71 bits per heavy atom. The average molecular weight is 279 g/mol. The van der Waals surface area contributed by atoms with Crippen LogP contribution in [0.15, 0.2) is 18.2 Å². The molecule has 0 unspecified atom stereocenters. The fourth-order valence-electron chi connectivity index (χ4n) is 1.33. The third kappa shape index (κ3) is 4.93. The van der Waals surface area contributed by atoms with Crippen molar-refractivity contribution >= 4 is 21.4 Å². The molecule has 1 aromatic carbocycles. The lowest BCUT2D eigenvalue weighted by molar-refractivity contribution is 0.263. The molecule has 17 heavy (non-hydrogen) atoms. The molecule has 4 nitrogen and oxygen atoms in total. The molecule has 0 saturated carbocycles. The number of hydrogen-bond acceptors (Lipinski definition) is 4. The zero-order chi connectivity index (χ0) is 12.9. The lowest BCUT2D eigenvalue weighted by Gasteiger charge is -2.10. The van der Waals surface area contributed by atoms with Gasteiger partial charge in [-0.2, -0.15) is 0 Å². The topological polar surface area (TPSA) is 63.6 Å². The van der Waals surface area contributed by atoms with Gasteiger partial charge in [-0.25, -0.2) is 8.42 Å². The van der Waals surface area contributed by atoms with Crippen LogP contribution in [0.4, 0.5) is 0 Å². The Balaban J connectivity index is 2.55. The van der Waals surface area contributed by atoms with Crippen molar-refractivity contribution in [1.29, 1.82) is 0 Å². The maximum atomic E-state index is 10.9. The predicted molar refractivity (Wildman–Crippen MR) is 67.2 cm³/mol. The van der Waals surface area contributed by atoms with Crippen LogP contribution in [-0.4, -0.2) is 32.1 Å². The number of aliphatic hydroxyl groups is 1. The van der Waals surface area contributed by atoms with Crippen LogP contribution >= 0.6 is 11.6 Å². The van der Waals surface area contributed by atoms with Crippen LogP contribution < -0.4 is 4.74 Å². The molecule has 0 aliphatic rings. The summed E-state index contributed by atoms with van der Waals surface area (Å²) in [5.74, 6) is 0.579. The van der Waals surface area contributed by atoms with Gasteiger partial charge in [0.05, 0.1) is 19.0 Å². The van der Waals surface area contributed by atoms with Crippen molar-refractivity contribution in [3.8, 4) is 5.75 Å². The first-order chi connectivity index (χ1) is 7.94. The van der Waals surface area contributed by atoms with Crippen molar-refractivity contribution in [2.45, 2.75) is 13.0 Å². The molecule has 0 atom stereocenters. The Morgan fingerprint density at radius 2 is 2.12 bits per heavy atom. The molecular weight excluding hydrogens is 264 g/mol. The number of hydrogen-bond donors (Lipinski definition) is 1. The second-order valence-electron chi connectivity index (χ2n) is 3.71. The average Bonchev–Trinajstić information content (AvgIpc) is 2.23. The van der Waals surface area contributed by atoms with Gasteiger partial charge in [0.1, 0.15) is 15.6 Å². The number of rotatable bonds is 6. The van der Waals surface area contributed by atoms with Gasteiger partial charge in [-0.05, 0) is 18.6 Å². The summed E-state index contributed by atoms with van der Waals surface area (Å²) in [7, 11) is -2.96. The molecule has 0 aliphatic carbocycles. The SMILES string of the molecule is CS(=O)(=O)CCCOc1cccc(Cl)c1CO. The molecule has 96 valence electrons. The fourth-order valence-corrected chi connectivity index (χ4v) is 2.20. The van der Waals surface area contributed by atoms with Crippen molar-refractivity contribution in [2.24, 2.45) is 0 Å². The highest BCUT2D eigenvalue weighted by Gasteiger charge is 2.07. The molecule has 0 fully saturated rings. The minimum Gasteiger partial charge on any atom is -0.493 e. The molecule has 0 amide bonds. The first kappa shape index (κ1) is 14.3. The molecule has 0 spiro atoms. The fraction of sp³-hybridized carbons (Fsp3) is 0.455. The Morgan fingerprint density at radius 1 is 1.41 bits per heavy atom. The molecule has 0 heterocycles. The number of sulfone groups is 1. The van der Waals surface area contributed by atoms with Crippen molar-refractivity contribution in [3.63, 3.8) is 0 Å². The van der Waals surface area contributed by atoms with Gasteiger partial charge in [0, 0.05) is 16.8 Å². The zero-order valence-electron chi connectivity index (χ0n) is 9.52. The van der Waals surface area contributed by atoms with Crippen LogP contribution in [0.1, 0.15) is 12.0 Å². The third-order valence-electron chi connectivity index (χ3n) is 2.15. The number of halogens is 1. The Hall–Kier alpha value is -0.780. The summed E-state index contributed by atoms with van der Waals surface area (Å²) in [6.45, 7) is 0.0709. The first-order valence-electron chi connectivity index (χ1n) is 5.13. The second-order valence-corrected chi connectivity index (χ2v) is 6.37. The van der Waals surface area contributed by atoms with E-state index in [1.807, 2.05) is 0 Å². The molecule has 0 aliphatic heterocycles. The lowest BCUT2D eigenvalue weighted by atomic mass is 10.2. The van der Waals surface area contributed by atoms with Gasteiger partial charge in [0.25, 0.3) is 0 Å². The molecule has 0 saturated heterocycles. The Bertz CT molecular complexity index is 470. The standard InChI is InChI=1S/C11H15ClO4S/c1-17(14,15)7-3-6-16-11-5-2-4-10(12)9(11)8-13/h2,4-5,13H,3,6-8H2,1H3. The van der Waals surface area contributed by atoms with E-state index in [4.69, 9.17) is 21.4 Å². The number of benzene rings is 1. The minimum absolute atomic E-state index is 0.0853. The molecule has 0 aromatic heterocycles. The van der Waals surface area contributed by atoms with Crippen LogP contribution in [0.25, 0.3) is 0 Å². The molecule has 1 aromatic rings. The van der Waals surface area contributed by atoms with Crippen molar-refractivity contribution < 1.29 is 18.3 Å². The van der Waals surface area contributed by atoms with Crippen LogP contribution in [0.5, 0.6) is 5.75 Å². The van der Waals surface area contributed by atoms with E-state index in [-0.39, 0.29) is 19.0 Å². The largest absolute Gasteiger partial charge is 0.493 e. The van der Waals surface area contributed by atoms with Crippen LogP contribution in [-0.2, 0) is 16.4 Å². The minimum atomic E-state index is -2.96. The van der Waals surface area contributed by atoms with E-state index in [0.29, 0.717) is 22.8 Å². The molecule has 1 N–H and O–H groups in total. The zero-order valence-corrected chi connectivity index (χ0v) is 11.1. The van der Waals surface area contributed by atoms with E-state index in [2.05, 4.69) is 0 Å².